The molecule has 0 unspecified atom stereocenters. The van der Waals surface area contributed by atoms with Crippen molar-refractivity contribution in [3.63, 3.8) is 0 Å². The zero-order valence-electron chi connectivity index (χ0n) is 9.88. The summed E-state index contributed by atoms with van der Waals surface area (Å²) in [7, 11) is 0. The van der Waals surface area contributed by atoms with Gasteiger partial charge in [0.2, 0.25) is 5.91 Å². The van der Waals surface area contributed by atoms with Crippen LogP contribution in [0.4, 0.5) is 0 Å². The van der Waals surface area contributed by atoms with Gasteiger partial charge in [0.05, 0.1) is 5.41 Å². The Labute approximate surface area is 92.0 Å². The van der Waals surface area contributed by atoms with Crippen LogP contribution in [0, 0.1) is 5.41 Å². The summed E-state index contributed by atoms with van der Waals surface area (Å²) in [5.74, 6) is 0.318. The molecule has 3 heteroatoms. The van der Waals surface area contributed by atoms with Crippen LogP contribution in [0.25, 0.3) is 0 Å². The molecule has 2 N–H and O–H groups in total. The van der Waals surface area contributed by atoms with E-state index >= 15 is 0 Å². The molecule has 1 amide bonds. The SMILES string of the molecule is CC1(C)CCCN1C(=O)C1(CN)CCC1. The van der Waals surface area contributed by atoms with Gasteiger partial charge in [0.1, 0.15) is 0 Å². The van der Waals surface area contributed by atoms with Gasteiger partial charge in [-0.3, -0.25) is 4.79 Å². The molecule has 1 saturated heterocycles. The van der Waals surface area contributed by atoms with Gasteiger partial charge < -0.3 is 10.6 Å². The quantitative estimate of drug-likeness (QED) is 0.751. The van der Waals surface area contributed by atoms with E-state index in [2.05, 4.69) is 18.7 Å². The third-order valence-electron chi connectivity index (χ3n) is 4.30. The molecule has 0 aromatic heterocycles. The highest BCUT2D eigenvalue weighted by Gasteiger charge is 2.49. The number of nitrogens with zero attached hydrogens (tertiary/aromatic N) is 1. The fraction of sp³-hybridized carbons (Fsp3) is 0.917. The van der Waals surface area contributed by atoms with Crippen molar-refractivity contribution < 1.29 is 4.79 Å². The summed E-state index contributed by atoms with van der Waals surface area (Å²) in [5.41, 5.74) is 5.64. The summed E-state index contributed by atoms with van der Waals surface area (Å²) in [6, 6.07) is 0. The van der Waals surface area contributed by atoms with Gasteiger partial charge in [0.25, 0.3) is 0 Å². The molecule has 86 valence electrons. The number of carbonyl (C=O) groups is 1. The Morgan fingerprint density at radius 3 is 2.27 bits per heavy atom. The van der Waals surface area contributed by atoms with E-state index in [1.165, 1.54) is 0 Å². The molecule has 1 aliphatic heterocycles. The van der Waals surface area contributed by atoms with Gasteiger partial charge in [-0.05, 0) is 39.5 Å². The van der Waals surface area contributed by atoms with Crippen LogP contribution in [0.5, 0.6) is 0 Å². The predicted octanol–water partition coefficient (Wildman–Crippen LogP) is 1.52. The van der Waals surface area contributed by atoms with E-state index in [0.29, 0.717) is 12.5 Å². The lowest BCUT2D eigenvalue weighted by molar-refractivity contribution is -0.150. The number of rotatable bonds is 2. The third kappa shape index (κ3) is 1.57. The summed E-state index contributed by atoms with van der Waals surface area (Å²) >= 11 is 0. The highest BCUT2D eigenvalue weighted by Crippen LogP contribution is 2.44. The Balaban J connectivity index is 2.13. The summed E-state index contributed by atoms with van der Waals surface area (Å²) in [5, 5.41) is 0. The van der Waals surface area contributed by atoms with E-state index in [1.54, 1.807) is 0 Å². The molecule has 0 radical (unpaired) electrons. The van der Waals surface area contributed by atoms with Gasteiger partial charge in [-0.2, -0.15) is 0 Å². The summed E-state index contributed by atoms with van der Waals surface area (Å²) in [6.07, 6.45) is 5.42. The van der Waals surface area contributed by atoms with Gasteiger partial charge in [0, 0.05) is 18.6 Å². The molecule has 1 heterocycles. The summed E-state index contributed by atoms with van der Waals surface area (Å²) in [4.78, 5) is 14.5. The van der Waals surface area contributed by atoms with E-state index in [4.69, 9.17) is 5.73 Å². The number of hydrogen-bond acceptors (Lipinski definition) is 2. The van der Waals surface area contributed by atoms with Crippen molar-refractivity contribution in [1.29, 1.82) is 0 Å². The predicted molar refractivity (Wildman–Crippen MR) is 60.4 cm³/mol. The average Bonchev–Trinajstić information content (AvgIpc) is 2.44. The van der Waals surface area contributed by atoms with Crippen molar-refractivity contribution in [3.05, 3.63) is 0 Å². The molecule has 0 aromatic carbocycles. The minimum atomic E-state index is -0.193. The zero-order chi connectivity index (χ0) is 11.1. The van der Waals surface area contributed by atoms with Gasteiger partial charge in [-0.25, -0.2) is 0 Å². The molecule has 0 aromatic rings. The molecule has 2 rings (SSSR count). The number of nitrogens with two attached hydrogens (primary N) is 1. The lowest BCUT2D eigenvalue weighted by Gasteiger charge is -2.45. The normalized spacial score (nSPS) is 27.5. The first-order valence-corrected chi connectivity index (χ1v) is 6.04. The maximum absolute atomic E-state index is 12.4. The van der Waals surface area contributed by atoms with E-state index in [0.717, 1.165) is 38.6 Å². The van der Waals surface area contributed by atoms with Crippen LogP contribution in [0.1, 0.15) is 46.0 Å². The molecule has 3 nitrogen and oxygen atoms in total. The molecule has 1 saturated carbocycles. The lowest BCUT2D eigenvalue weighted by Crippen LogP contribution is -2.55. The maximum atomic E-state index is 12.4. The molecule has 0 bridgehead atoms. The first-order valence-electron chi connectivity index (χ1n) is 6.04. The van der Waals surface area contributed by atoms with Crippen molar-refractivity contribution in [1.82, 2.24) is 4.90 Å². The van der Waals surface area contributed by atoms with Crippen molar-refractivity contribution >= 4 is 5.91 Å². The van der Waals surface area contributed by atoms with Crippen LogP contribution in [0.3, 0.4) is 0 Å². The second-order valence-electron chi connectivity index (χ2n) is 5.71. The first kappa shape index (κ1) is 10.9. The number of likely N-dealkylation sites (tertiary alicyclic amines) is 1. The topological polar surface area (TPSA) is 46.3 Å². The van der Waals surface area contributed by atoms with Crippen LogP contribution in [0.15, 0.2) is 0 Å². The number of carbonyl (C=O) groups excluding carboxylic acids is 1. The smallest absolute Gasteiger partial charge is 0.230 e. The van der Waals surface area contributed by atoms with Gasteiger partial charge in [-0.1, -0.05) is 6.42 Å². The molecule has 15 heavy (non-hydrogen) atoms. The lowest BCUT2D eigenvalue weighted by atomic mass is 9.67. The largest absolute Gasteiger partial charge is 0.337 e. The molecule has 1 aliphatic carbocycles. The number of amides is 1. The zero-order valence-corrected chi connectivity index (χ0v) is 9.88. The second kappa shape index (κ2) is 3.48. The van der Waals surface area contributed by atoms with Gasteiger partial charge >= 0.3 is 0 Å². The van der Waals surface area contributed by atoms with E-state index < -0.39 is 0 Å². The van der Waals surface area contributed by atoms with Crippen molar-refractivity contribution in [2.45, 2.75) is 51.5 Å². The van der Waals surface area contributed by atoms with Crippen molar-refractivity contribution in [2.75, 3.05) is 13.1 Å². The van der Waals surface area contributed by atoms with Crippen molar-refractivity contribution in [2.24, 2.45) is 11.1 Å². The molecular formula is C12H22N2O. The second-order valence-corrected chi connectivity index (χ2v) is 5.71. The van der Waals surface area contributed by atoms with Crippen LogP contribution in [-0.2, 0) is 4.79 Å². The number of hydrogen-bond donors (Lipinski definition) is 1. The van der Waals surface area contributed by atoms with Gasteiger partial charge in [0.15, 0.2) is 0 Å². The fourth-order valence-corrected chi connectivity index (χ4v) is 2.88. The third-order valence-corrected chi connectivity index (χ3v) is 4.30. The summed E-state index contributed by atoms with van der Waals surface area (Å²) < 4.78 is 0. The minimum absolute atomic E-state index is 0.0504. The molecule has 0 spiro atoms. The highest BCUT2D eigenvalue weighted by atomic mass is 16.2. The molecule has 2 aliphatic rings. The highest BCUT2D eigenvalue weighted by molar-refractivity contribution is 5.84. The molecular weight excluding hydrogens is 188 g/mol. The molecule has 0 atom stereocenters. The van der Waals surface area contributed by atoms with Gasteiger partial charge in [-0.15, -0.1) is 0 Å². The van der Waals surface area contributed by atoms with Crippen LogP contribution in [0.2, 0.25) is 0 Å². The van der Waals surface area contributed by atoms with Crippen LogP contribution < -0.4 is 5.73 Å². The fourth-order valence-electron chi connectivity index (χ4n) is 2.88. The van der Waals surface area contributed by atoms with E-state index in [9.17, 15) is 4.79 Å². The summed E-state index contributed by atoms with van der Waals surface area (Å²) in [6.45, 7) is 5.79. The van der Waals surface area contributed by atoms with Crippen LogP contribution >= 0.6 is 0 Å². The van der Waals surface area contributed by atoms with E-state index in [-0.39, 0.29) is 11.0 Å². The average molecular weight is 210 g/mol. The minimum Gasteiger partial charge on any atom is -0.337 e. The van der Waals surface area contributed by atoms with Crippen LogP contribution in [-0.4, -0.2) is 29.4 Å². The maximum Gasteiger partial charge on any atom is 0.230 e. The van der Waals surface area contributed by atoms with Crippen molar-refractivity contribution in [3.8, 4) is 0 Å². The van der Waals surface area contributed by atoms with E-state index in [1.807, 2.05) is 0 Å². The monoisotopic (exact) mass is 210 g/mol. The molecule has 2 fully saturated rings. The Kier molecular flexibility index (Phi) is 2.53. The first-order chi connectivity index (χ1) is 7.02. The Morgan fingerprint density at radius 1 is 1.27 bits per heavy atom. The Morgan fingerprint density at radius 2 is 1.93 bits per heavy atom. The Hall–Kier alpha value is -0.570. The Bertz CT molecular complexity index is 263. The standard InChI is InChI=1S/C12H22N2O/c1-11(2)5-4-8-14(11)10(15)12(9-13)6-3-7-12/h3-9,13H2,1-2H3.